The van der Waals surface area contributed by atoms with Crippen molar-refractivity contribution in [2.45, 2.75) is 25.7 Å². The molecule has 9 heteroatoms. The molecule has 2 N–H and O–H groups in total. The molecule has 36 heavy (non-hydrogen) atoms. The fraction of sp³-hybridized carbons (Fsp3) is 0.259. The van der Waals surface area contributed by atoms with Crippen molar-refractivity contribution in [3.8, 4) is 0 Å². The number of carbonyl (C=O) groups is 2. The molecule has 0 aliphatic heterocycles. The zero-order chi connectivity index (χ0) is 26.3. The number of nitrogens with zero attached hydrogens (tertiary/aromatic N) is 1. The van der Waals surface area contributed by atoms with Gasteiger partial charge in [0.25, 0.3) is 15.9 Å². The van der Waals surface area contributed by atoms with Gasteiger partial charge in [-0.05, 0) is 68.3 Å². The van der Waals surface area contributed by atoms with Gasteiger partial charge >= 0.3 is 0 Å². The van der Waals surface area contributed by atoms with E-state index in [2.05, 4.69) is 10.6 Å². The van der Waals surface area contributed by atoms with Gasteiger partial charge < -0.3 is 15.4 Å². The standard InChI is InChI=1S/C27H31N3O5S/c1-19-9-13-23(14-10-19)36(33,34)30(22-12-11-20(2)21(3)17-22)18-26(31)29-25-8-6-5-7-24(25)27(32)28-15-16-35-4/h5-14,17H,15-16,18H2,1-4H3,(H,28,32)(H,29,31). The van der Waals surface area contributed by atoms with E-state index in [1.165, 1.54) is 19.2 Å². The molecule has 0 aromatic heterocycles. The first-order valence-corrected chi connectivity index (χ1v) is 12.9. The molecule has 0 saturated carbocycles. The average Bonchev–Trinajstić information content (AvgIpc) is 2.85. The van der Waals surface area contributed by atoms with E-state index in [-0.39, 0.29) is 22.1 Å². The summed E-state index contributed by atoms with van der Waals surface area (Å²) in [4.78, 5) is 25.8. The molecule has 0 heterocycles. The van der Waals surface area contributed by atoms with Gasteiger partial charge in [-0.3, -0.25) is 13.9 Å². The van der Waals surface area contributed by atoms with E-state index in [0.29, 0.717) is 18.8 Å². The van der Waals surface area contributed by atoms with E-state index in [0.717, 1.165) is 21.0 Å². The number of aryl methyl sites for hydroxylation is 3. The highest BCUT2D eigenvalue weighted by atomic mass is 32.2. The summed E-state index contributed by atoms with van der Waals surface area (Å²) in [5, 5.41) is 5.42. The van der Waals surface area contributed by atoms with Crippen LogP contribution in [0.1, 0.15) is 27.0 Å². The number of ether oxygens (including phenoxy) is 1. The lowest BCUT2D eigenvalue weighted by molar-refractivity contribution is -0.114. The Balaban J connectivity index is 1.91. The molecule has 0 spiro atoms. The van der Waals surface area contributed by atoms with Crippen LogP contribution in [0.3, 0.4) is 0 Å². The third-order valence-electron chi connectivity index (χ3n) is 5.71. The van der Waals surface area contributed by atoms with Gasteiger partial charge in [-0.1, -0.05) is 35.9 Å². The Bertz CT molecular complexity index is 1340. The number of carbonyl (C=O) groups excluding carboxylic acids is 2. The van der Waals surface area contributed by atoms with E-state index in [1.54, 1.807) is 48.5 Å². The summed E-state index contributed by atoms with van der Waals surface area (Å²) >= 11 is 0. The predicted octanol–water partition coefficient (Wildman–Crippen LogP) is 3.82. The molecule has 0 atom stereocenters. The molecular weight excluding hydrogens is 478 g/mol. The Morgan fingerprint density at radius 3 is 2.28 bits per heavy atom. The maximum absolute atomic E-state index is 13.6. The van der Waals surface area contributed by atoms with Crippen LogP contribution in [0.5, 0.6) is 0 Å². The van der Waals surface area contributed by atoms with E-state index in [4.69, 9.17) is 4.74 Å². The minimum Gasteiger partial charge on any atom is -0.383 e. The number of benzene rings is 3. The summed E-state index contributed by atoms with van der Waals surface area (Å²) in [7, 11) is -2.52. The van der Waals surface area contributed by atoms with Crippen molar-refractivity contribution in [3.63, 3.8) is 0 Å². The lowest BCUT2D eigenvalue weighted by atomic mass is 10.1. The normalized spacial score (nSPS) is 11.1. The summed E-state index contributed by atoms with van der Waals surface area (Å²) in [6.45, 7) is 5.87. The largest absolute Gasteiger partial charge is 0.383 e. The number of rotatable bonds is 10. The first kappa shape index (κ1) is 26.9. The summed E-state index contributed by atoms with van der Waals surface area (Å²) in [5.74, 6) is -0.956. The fourth-order valence-corrected chi connectivity index (χ4v) is 4.92. The maximum Gasteiger partial charge on any atom is 0.264 e. The quantitative estimate of drug-likeness (QED) is 0.404. The van der Waals surface area contributed by atoms with Crippen LogP contribution in [-0.4, -0.2) is 47.0 Å². The molecule has 2 amide bonds. The third kappa shape index (κ3) is 6.50. The van der Waals surface area contributed by atoms with Crippen LogP contribution in [0.15, 0.2) is 71.6 Å². The van der Waals surface area contributed by atoms with Crippen LogP contribution in [0.4, 0.5) is 11.4 Å². The molecule has 3 aromatic carbocycles. The molecule has 0 unspecified atom stereocenters. The SMILES string of the molecule is COCCNC(=O)c1ccccc1NC(=O)CN(c1ccc(C)c(C)c1)S(=O)(=O)c1ccc(C)cc1. The van der Waals surface area contributed by atoms with Gasteiger partial charge in [-0.2, -0.15) is 0 Å². The predicted molar refractivity (Wildman–Crippen MR) is 141 cm³/mol. The molecule has 0 saturated heterocycles. The van der Waals surface area contributed by atoms with Gasteiger partial charge in [0.15, 0.2) is 0 Å². The molecule has 0 radical (unpaired) electrons. The first-order chi connectivity index (χ1) is 17.1. The summed E-state index contributed by atoms with van der Waals surface area (Å²) in [6.07, 6.45) is 0. The maximum atomic E-state index is 13.6. The van der Waals surface area contributed by atoms with Gasteiger partial charge in [0.2, 0.25) is 5.91 Å². The zero-order valence-electron chi connectivity index (χ0n) is 20.9. The summed E-state index contributed by atoms with van der Waals surface area (Å²) in [6, 6.07) is 18.3. The second-order valence-electron chi connectivity index (χ2n) is 8.44. The van der Waals surface area contributed by atoms with Crippen molar-refractivity contribution >= 4 is 33.2 Å². The first-order valence-electron chi connectivity index (χ1n) is 11.5. The van der Waals surface area contributed by atoms with Crippen LogP contribution in [-0.2, 0) is 19.6 Å². The molecule has 0 aliphatic rings. The average molecular weight is 510 g/mol. The van der Waals surface area contributed by atoms with E-state index < -0.39 is 22.5 Å². The minimum absolute atomic E-state index is 0.0806. The highest BCUT2D eigenvalue weighted by molar-refractivity contribution is 7.92. The highest BCUT2D eigenvalue weighted by Gasteiger charge is 2.28. The Kier molecular flexibility index (Phi) is 8.84. The monoisotopic (exact) mass is 509 g/mol. The fourth-order valence-electron chi connectivity index (χ4n) is 3.51. The van der Waals surface area contributed by atoms with Crippen molar-refractivity contribution in [1.82, 2.24) is 5.32 Å². The Morgan fingerprint density at radius 1 is 0.917 bits per heavy atom. The van der Waals surface area contributed by atoms with E-state index in [1.807, 2.05) is 26.8 Å². The number of para-hydroxylation sites is 1. The van der Waals surface area contributed by atoms with Gasteiger partial charge in [0, 0.05) is 13.7 Å². The summed E-state index contributed by atoms with van der Waals surface area (Å²) < 4.78 is 33.3. The minimum atomic E-state index is -4.05. The molecule has 0 fully saturated rings. The topological polar surface area (TPSA) is 105 Å². The van der Waals surface area contributed by atoms with Crippen LogP contribution in [0.2, 0.25) is 0 Å². The second-order valence-corrected chi connectivity index (χ2v) is 10.3. The molecule has 8 nitrogen and oxygen atoms in total. The number of sulfonamides is 1. The van der Waals surface area contributed by atoms with Gasteiger partial charge in [-0.25, -0.2) is 8.42 Å². The van der Waals surface area contributed by atoms with E-state index in [9.17, 15) is 18.0 Å². The zero-order valence-corrected chi connectivity index (χ0v) is 21.7. The highest BCUT2D eigenvalue weighted by Crippen LogP contribution is 2.26. The molecule has 3 rings (SSSR count). The molecule has 0 bridgehead atoms. The molecule has 0 aliphatic carbocycles. The Labute approximate surface area is 212 Å². The number of nitrogens with one attached hydrogen (secondary N) is 2. The van der Waals surface area contributed by atoms with E-state index >= 15 is 0 Å². The van der Waals surface area contributed by atoms with Crippen LogP contribution < -0.4 is 14.9 Å². The number of amides is 2. The number of hydrogen-bond acceptors (Lipinski definition) is 5. The van der Waals surface area contributed by atoms with Crippen molar-refractivity contribution in [2.24, 2.45) is 0 Å². The Hall–Kier alpha value is -3.69. The number of methoxy groups -OCH3 is 1. The number of hydrogen-bond donors (Lipinski definition) is 2. The van der Waals surface area contributed by atoms with Gasteiger partial charge in [-0.15, -0.1) is 0 Å². The van der Waals surface area contributed by atoms with Crippen molar-refractivity contribution in [1.29, 1.82) is 0 Å². The Morgan fingerprint density at radius 2 is 1.61 bits per heavy atom. The van der Waals surface area contributed by atoms with Gasteiger partial charge in [0.05, 0.1) is 28.4 Å². The van der Waals surface area contributed by atoms with Crippen molar-refractivity contribution < 1.29 is 22.7 Å². The molecule has 3 aromatic rings. The summed E-state index contributed by atoms with van der Waals surface area (Å²) in [5.41, 5.74) is 3.75. The van der Waals surface area contributed by atoms with Gasteiger partial charge in [0.1, 0.15) is 6.54 Å². The lowest BCUT2D eigenvalue weighted by Crippen LogP contribution is -2.38. The number of anilines is 2. The van der Waals surface area contributed by atoms with Crippen molar-refractivity contribution in [3.05, 3.63) is 89.0 Å². The molecule has 190 valence electrons. The van der Waals surface area contributed by atoms with Crippen molar-refractivity contribution in [2.75, 3.05) is 36.4 Å². The smallest absolute Gasteiger partial charge is 0.264 e. The van der Waals surface area contributed by atoms with Crippen LogP contribution in [0.25, 0.3) is 0 Å². The van der Waals surface area contributed by atoms with Crippen LogP contribution >= 0.6 is 0 Å². The third-order valence-corrected chi connectivity index (χ3v) is 7.50. The second kappa shape index (κ2) is 11.8. The lowest BCUT2D eigenvalue weighted by Gasteiger charge is -2.25. The molecular formula is C27H31N3O5S. The van der Waals surface area contributed by atoms with Crippen LogP contribution in [0, 0.1) is 20.8 Å².